The first-order valence-corrected chi connectivity index (χ1v) is 7.42. The summed E-state index contributed by atoms with van der Waals surface area (Å²) < 4.78 is 51.3. The van der Waals surface area contributed by atoms with Gasteiger partial charge in [0.05, 0.1) is 12.7 Å². The van der Waals surface area contributed by atoms with Crippen LogP contribution in [0.2, 0.25) is 0 Å². The summed E-state index contributed by atoms with van der Waals surface area (Å²) in [5.74, 6) is -3.18. The Morgan fingerprint density at radius 2 is 1.78 bits per heavy atom. The number of benzene rings is 2. The number of fused-ring (bicyclic) bond motifs is 1. The van der Waals surface area contributed by atoms with E-state index in [1.807, 2.05) is 0 Å². The average Bonchev–Trinajstić information content (AvgIpc) is 2.61. The number of hydrogen-bond acceptors (Lipinski definition) is 6. The Kier molecular flexibility index (Phi) is 4.52. The molecule has 0 aliphatic rings. The van der Waals surface area contributed by atoms with Crippen molar-refractivity contribution >= 4 is 16.9 Å². The van der Waals surface area contributed by atoms with Crippen molar-refractivity contribution in [1.29, 1.82) is 0 Å². The number of aromatic hydroxyl groups is 1. The maximum absolute atomic E-state index is 12.7. The molecule has 0 fully saturated rings. The smallest absolute Gasteiger partial charge is 0.491 e. The number of halogens is 3. The molecule has 0 saturated carbocycles. The number of alkyl halides is 3. The molecule has 0 saturated heterocycles. The Balaban J connectivity index is 2.06. The van der Waals surface area contributed by atoms with Gasteiger partial charge in [0.1, 0.15) is 34.5 Å². The standard InChI is InChI=1S/C18H11F3O6/c1-25-10-4-2-9(3-5-10)12-8-26-14-7-11(27-17(24)18(19,20)21)6-13(22)15(14)16(12)23/h2-8,22H,1H3. The molecule has 0 unspecified atom stereocenters. The van der Waals surface area contributed by atoms with Crippen molar-refractivity contribution in [2.75, 3.05) is 7.11 Å². The highest BCUT2D eigenvalue weighted by molar-refractivity contribution is 5.89. The maximum atomic E-state index is 12.7. The fourth-order valence-corrected chi connectivity index (χ4v) is 2.40. The maximum Gasteiger partial charge on any atom is 0.491 e. The third-order valence-electron chi connectivity index (χ3n) is 3.67. The fourth-order valence-electron chi connectivity index (χ4n) is 2.40. The molecule has 27 heavy (non-hydrogen) atoms. The molecule has 2 aromatic carbocycles. The average molecular weight is 380 g/mol. The highest BCUT2D eigenvalue weighted by Crippen LogP contribution is 2.31. The van der Waals surface area contributed by atoms with E-state index >= 15 is 0 Å². The van der Waals surface area contributed by atoms with Gasteiger partial charge in [0.15, 0.2) is 0 Å². The summed E-state index contributed by atoms with van der Waals surface area (Å²) in [6.07, 6.45) is -4.11. The molecule has 1 aromatic heterocycles. The van der Waals surface area contributed by atoms with Crippen LogP contribution in [0.4, 0.5) is 13.2 Å². The number of esters is 1. The number of phenols is 1. The second kappa shape index (κ2) is 6.67. The summed E-state index contributed by atoms with van der Waals surface area (Å²) in [6.45, 7) is 0. The third kappa shape index (κ3) is 3.57. The van der Waals surface area contributed by atoms with Crippen LogP contribution in [0.1, 0.15) is 0 Å². The quantitative estimate of drug-likeness (QED) is 0.552. The lowest BCUT2D eigenvalue weighted by Gasteiger charge is -2.09. The number of methoxy groups -OCH3 is 1. The Morgan fingerprint density at radius 3 is 2.37 bits per heavy atom. The van der Waals surface area contributed by atoms with E-state index in [1.54, 1.807) is 24.3 Å². The van der Waals surface area contributed by atoms with Gasteiger partial charge >= 0.3 is 12.1 Å². The Morgan fingerprint density at radius 1 is 1.11 bits per heavy atom. The highest BCUT2D eigenvalue weighted by atomic mass is 19.4. The topological polar surface area (TPSA) is 86.0 Å². The van der Waals surface area contributed by atoms with Crippen LogP contribution in [0, 0.1) is 0 Å². The van der Waals surface area contributed by atoms with E-state index in [2.05, 4.69) is 4.74 Å². The van der Waals surface area contributed by atoms with Crippen LogP contribution in [0.5, 0.6) is 17.2 Å². The van der Waals surface area contributed by atoms with Gasteiger partial charge in [0.2, 0.25) is 5.43 Å². The number of phenolic OH excluding ortho intramolecular Hbond substituents is 1. The van der Waals surface area contributed by atoms with Gasteiger partial charge < -0.3 is 19.0 Å². The molecule has 0 aliphatic heterocycles. The molecular weight excluding hydrogens is 369 g/mol. The minimum Gasteiger partial charge on any atom is -0.507 e. The van der Waals surface area contributed by atoms with E-state index in [0.717, 1.165) is 18.4 Å². The predicted molar refractivity (Wildman–Crippen MR) is 87.8 cm³/mol. The van der Waals surface area contributed by atoms with Gasteiger partial charge in [-0.2, -0.15) is 13.2 Å². The van der Waals surface area contributed by atoms with Crippen molar-refractivity contribution in [1.82, 2.24) is 0 Å². The predicted octanol–water partition coefficient (Wildman–Crippen LogP) is 3.64. The van der Waals surface area contributed by atoms with Crippen molar-refractivity contribution in [2.45, 2.75) is 6.18 Å². The Hall–Kier alpha value is -3.49. The molecule has 0 spiro atoms. The van der Waals surface area contributed by atoms with Gasteiger partial charge in [-0.25, -0.2) is 4.79 Å². The molecule has 0 radical (unpaired) electrons. The number of carbonyl (C=O) groups is 1. The molecule has 1 N–H and O–H groups in total. The second-order valence-electron chi connectivity index (χ2n) is 5.41. The van der Waals surface area contributed by atoms with Gasteiger partial charge in [-0.3, -0.25) is 4.79 Å². The number of carbonyl (C=O) groups excluding carboxylic acids is 1. The van der Waals surface area contributed by atoms with Crippen LogP contribution in [0.15, 0.2) is 51.9 Å². The molecule has 9 heteroatoms. The van der Waals surface area contributed by atoms with Gasteiger partial charge in [0, 0.05) is 12.1 Å². The van der Waals surface area contributed by atoms with Crippen LogP contribution in [-0.4, -0.2) is 24.4 Å². The van der Waals surface area contributed by atoms with Crippen LogP contribution < -0.4 is 14.9 Å². The lowest BCUT2D eigenvalue weighted by Crippen LogP contribution is -2.27. The minimum absolute atomic E-state index is 0.125. The van der Waals surface area contributed by atoms with Crippen LogP contribution in [0.25, 0.3) is 22.1 Å². The van der Waals surface area contributed by atoms with E-state index in [9.17, 15) is 27.9 Å². The minimum atomic E-state index is -5.20. The number of hydrogen-bond donors (Lipinski definition) is 1. The summed E-state index contributed by atoms with van der Waals surface area (Å²) >= 11 is 0. The van der Waals surface area contributed by atoms with Crippen LogP contribution in [-0.2, 0) is 4.79 Å². The SMILES string of the molecule is COc1ccc(-c2coc3cc(OC(=O)C(F)(F)F)cc(O)c3c2=O)cc1. The van der Waals surface area contributed by atoms with Gasteiger partial charge in [-0.05, 0) is 17.7 Å². The molecule has 6 nitrogen and oxygen atoms in total. The molecular formula is C18H11F3O6. The number of rotatable bonds is 3. The van der Waals surface area contributed by atoms with Crippen molar-refractivity contribution < 1.29 is 37.0 Å². The largest absolute Gasteiger partial charge is 0.507 e. The lowest BCUT2D eigenvalue weighted by molar-refractivity contribution is -0.189. The zero-order valence-electron chi connectivity index (χ0n) is 13.7. The van der Waals surface area contributed by atoms with Gasteiger partial charge in [-0.1, -0.05) is 12.1 Å². The van der Waals surface area contributed by atoms with Crippen molar-refractivity contribution in [3.05, 3.63) is 52.9 Å². The molecule has 0 amide bonds. The molecule has 3 rings (SSSR count). The van der Waals surface area contributed by atoms with E-state index in [-0.39, 0.29) is 16.5 Å². The van der Waals surface area contributed by atoms with E-state index in [1.165, 1.54) is 7.11 Å². The number of ether oxygens (including phenoxy) is 2. The monoisotopic (exact) mass is 380 g/mol. The first-order valence-electron chi connectivity index (χ1n) is 7.42. The lowest BCUT2D eigenvalue weighted by atomic mass is 10.0. The van der Waals surface area contributed by atoms with Gasteiger partial charge in [0.25, 0.3) is 0 Å². The first-order chi connectivity index (χ1) is 12.7. The first kappa shape index (κ1) is 18.3. The normalized spacial score (nSPS) is 11.4. The molecule has 0 atom stereocenters. The van der Waals surface area contributed by atoms with Crippen molar-refractivity contribution in [3.63, 3.8) is 0 Å². The van der Waals surface area contributed by atoms with E-state index < -0.39 is 29.1 Å². The summed E-state index contributed by atoms with van der Waals surface area (Å²) in [5, 5.41) is 9.80. The molecule has 0 bridgehead atoms. The molecule has 3 aromatic rings. The Bertz CT molecular complexity index is 1070. The van der Waals surface area contributed by atoms with Crippen molar-refractivity contribution in [3.8, 4) is 28.4 Å². The third-order valence-corrected chi connectivity index (χ3v) is 3.67. The molecule has 140 valence electrons. The summed E-state index contributed by atoms with van der Waals surface area (Å²) in [4.78, 5) is 23.6. The molecule has 1 heterocycles. The summed E-state index contributed by atoms with van der Waals surface area (Å²) in [5.41, 5.74) is -0.228. The fraction of sp³-hybridized carbons (Fsp3) is 0.111. The van der Waals surface area contributed by atoms with Crippen LogP contribution >= 0.6 is 0 Å². The molecule has 0 aliphatic carbocycles. The van der Waals surface area contributed by atoms with Crippen LogP contribution in [0.3, 0.4) is 0 Å². The summed E-state index contributed by atoms with van der Waals surface area (Å²) in [7, 11) is 1.49. The van der Waals surface area contributed by atoms with E-state index in [4.69, 9.17) is 9.15 Å². The van der Waals surface area contributed by atoms with E-state index in [0.29, 0.717) is 11.3 Å². The van der Waals surface area contributed by atoms with Gasteiger partial charge in [-0.15, -0.1) is 0 Å². The Labute approximate surface area is 149 Å². The zero-order chi connectivity index (χ0) is 19.8. The highest BCUT2D eigenvalue weighted by Gasteiger charge is 2.41. The zero-order valence-corrected chi connectivity index (χ0v) is 13.7. The van der Waals surface area contributed by atoms with Crippen molar-refractivity contribution in [2.24, 2.45) is 0 Å². The second-order valence-corrected chi connectivity index (χ2v) is 5.41. The summed E-state index contributed by atoms with van der Waals surface area (Å²) in [6, 6.07) is 8.11.